The molecule has 7 heteroatoms. The van der Waals surface area contributed by atoms with E-state index in [4.69, 9.17) is 4.74 Å². The highest BCUT2D eigenvalue weighted by Crippen LogP contribution is 2.34. The fourth-order valence-corrected chi connectivity index (χ4v) is 1.52. The number of carbonyl (C=O) groups excluding carboxylic acids is 1. The molecule has 0 unspecified atom stereocenters. The van der Waals surface area contributed by atoms with E-state index in [0.29, 0.717) is 0 Å². The van der Waals surface area contributed by atoms with Gasteiger partial charge in [0.05, 0.1) is 18.6 Å². The molecular formula is C12H15F3N2O2. The van der Waals surface area contributed by atoms with Crippen LogP contribution >= 0.6 is 0 Å². The highest BCUT2D eigenvalue weighted by atomic mass is 19.4. The smallest absolute Gasteiger partial charge is 0.419 e. The van der Waals surface area contributed by atoms with Gasteiger partial charge >= 0.3 is 12.1 Å². The van der Waals surface area contributed by atoms with Crippen LogP contribution in [0, 0.1) is 0 Å². The molecule has 1 rings (SSSR count). The molecule has 0 atom stereocenters. The van der Waals surface area contributed by atoms with Crippen molar-refractivity contribution in [1.82, 2.24) is 4.98 Å². The summed E-state index contributed by atoms with van der Waals surface area (Å²) >= 11 is 0. The highest BCUT2D eigenvalue weighted by Gasteiger charge is 2.35. The first-order chi connectivity index (χ1) is 8.86. The maximum absolute atomic E-state index is 12.8. The first-order valence-corrected chi connectivity index (χ1v) is 5.75. The largest absolute Gasteiger partial charge is 0.466 e. The molecule has 0 N–H and O–H groups in total. The van der Waals surface area contributed by atoms with Crippen molar-refractivity contribution in [3.8, 4) is 0 Å². The monoisotopic (exact) mass is 276 g/mol. The second kappa shape index (κ2) is 6.40. The Hall–Kier alpha value is -1.79. The fourth-order valence-electron chi connectivity index (χ4n) is 1.52. The van der Waals surface area contributed by atoms with E-state index in [0.717, 1.165) is 6.07 Å². The van der Waals surface area contributed by atoms with Crippen LogP contribution in [0.4, 0.5) is 19.0 Å². The summed E-state index contributed by atoms with van der Waals surface area (Å²) in [6.07, 6.45) is -3.18. The number of anilines is 1. The molecule has 0 bridgehead atoms. The number of carbonyl (C=O) groups is 1. The number of hydrogen-bond acceptors (Lipinski definition) is 4. The molecule has 0 fully saturated rings. The maximum Gasteiger partial charge on any atom is 0.419 e. The summed E-state index contributed by atoms with van der Waals surface area (Å²) in [6, 6.07) is 2.19. The summed E-state index contributed by atoms with van der Waals surface area (Å²) in [5.74, 6) is -0.641. The Balaban J connectivity index is 2.77. The van der Waals surface area contributed by atoms with Crippen molar-refractivity contribution in [3.63, 3.8) is 0 Å². The van der Waals surface area contributed by atoms with E-state index in [1.54, 1.807) is 6.92 Å². The third-order valence-electron chi connectivity index (χ3n) is 2.41. The summed E-state index contributed by atoms with van der Waals surface area (Å²) in [5.41, 5.74) is -0.818. The van der Waals surface area contributed by atoms with Crippen molar-refractivity contribution >= 4 is 11.8 Å². The minimum absolute atomic E-state index is 0.0121. The van der Waals surface area contributed by atoms with Crippen LogP contribution in [0.5, 0.6) is 0 Å². The Kier molecular flexibility index (Phi) is 5.14. The molecule has 0 spiro atoms. The fraction of sp³-hybridized carbons (Fsp3) is 0.500. The Bertz CT molecular complexity index is 435. The highest BCUT2D eigenvalue weighted by molar-refractivity contribution is 5.70. The third kappa shape index (κ3) is 4.42. The molecule has 1 heterocycles. The van der Waals surface area contributed by atoms with Gasteiger partial charge in [-0.05, 0) is 19.1 Å². The van der Waals surface area contributed by atoms with E-state index >= 15 is 0 Å². The summed E-state index contributed by atoms with van der Waals surface area (Å²) in [7, 11) is 1.46. The van der Waals surface area contributed by atoms with Crippen molar-refractivity contribution in [1.29, 1.82) is 0 Å². The van der Waals surface area contributed by atoms with Gasteiger partial charge in [-0.1, -0.05) is 0 Å². The molecule has 0 aliphatic heterocycles. The Morgan fingerprint density at radius 1 is 1.47 bits per heavy atom. The standard InChI is InChI=1S/C12H15F3N2O2/c1-3-19-10(18)6-8-17(2)11-9(12(13,14)15)5-4-7-16-11/h4-5,7H,3,6,8H2,1-2H3. The predicted octanol–water partition coefficient (Wildman–Crippen LogP) is 2.49. The third-order valence-corrected chi connectivity index (χ3v) is 2.41. The zero-order valence-corrected chi connectivity index (χ0v) is 10.7. The lowest BCUT2D eigenvalue weighted by molar-refractivity contribution is -0.142. The zero-order chi connectivity index (χ0) is 14.5. The molecule has 0 radical (unpaired) electrons. The topological polar surface area (TPSA) is 42.4 Å². The number of ether oxygens (including phenoxy) is 1. The molecule has 106 valence electrons. The van der Waals surface area contributed by atoms with E-state index in [2.05, 4.69) is 4.98 Å². The minimum atomic E-state index is -4.47. The van der Waals surface area contributed by atoms with Gasteiger partial charge in [0.2, 0.25) is 0 Å². The van der Waals surface area contributed by atoms with Crippen LogP contribution in [-0.2, 0) is 15.7 Å². The summed E-state index contributed by atoms with van der Waals surface area (Å²) in [4.78, 5) is 16.2. The second-order valence-corrected chi connectivity index (χ2v) is 3.85. The molecule has 0 aliphatic carbocycles. The van der Waals surface area contributed by atoms with E-state index in [-0.39, 0.29) is 25.4 Å². The first-order valence-electron chi connectivity index (χ1n) is 5.75. The molecule has 4 nitrogen and oxygen atoms in total. The number of rotatable bonds is 5. The molecule has 0 amide bonds. The summed E-state index contributed by atoms with van der Waals surface area (Å²) < 4.78 is 43.0. The number of halogens is 3. The molecule has 0 saturated heterocycles. The van der Waals surface area contributed by atoms with Gasteiger partial charge in [0, 0.05) is 19.8 Å². The molecule has 1 aromatic rings. The van der Waals surface area contributed by atoms with E-state index in [1.165, 1.54) is 24.2 Å². The SMILES string of the molecule is CCOC(=O)CCN(C)c1ncccc1C(F)(F)F. The average Bonchev–Trinajstić information content (AvgIpc) is 2.35. The Morgan fingerprint density at radius 3 is 2.74 bits per heavy atom. The van der Waals surface area contributed by atoms with Crippen LogP contribution in [0.1, 0.15) is 18.9 Å². The van der Waals surface area contributed by atoms with Crippen LogP contribution in [-0.4, -0.2) is 31.2 Å². The summed E-state index contributed by atoms with van der Waals surface area (Å²) in [6.45, 7) is 2.03. The maximum atomic E-state index is 12.8. The second-order valence-electron chi connectivity index (χ2n) is 3.85. The summed E-state index contributed by atoms with van der Waals surface area (Å²) in [5, 5.41) is 0. The van der Waals surface area contributed by atoms with Crippen LogP contribution in [0.2, 0.25) is 0 Å². The van der Waals surface area contributed by atoms with Crippen LogP contribution in [0.3, 0.4) is 0 Å². The molecule has 1 aromatic heterocycles. The van der Waals surface area contributed by atoms with Crippen LogP contribution in [0.25, 0.3) is 0 Å². The lowest BCUT2D eigenvalue weighted by Crippen LogP contribution is -2.25. The van der Waals surface area contributed by atoms with Crippen LogP contribution in [0.15, 0.2) is 18.3 Å². The van der Waals surface area contributed by atoms with Gasteiger partial charge < -0.3 is 9.64 Å². The van der Waals surface area contributed by atoms with Gasteiger partial charge in [0.25, 0.3) is 0 Å². The molecule has 0 aliphatic rings. The minimum Gasteiger partial charge on any atom is -0.466 e. The molecule has 19 heavy (non-hydrogen) atoms. The van der Waals surface area contributed by atoms with Crippen LogP contribution < -0.4 is 4.90 Å². The average molecular weight is 276 g/mol. The quantitative estimate of drug-likeness (QED) is 0.775. The lowest BCUT2D eigenvalue weighted by Gasteiger charge is -2.21. The van der Waals surface area contributed by atoms with E-state index in [9.17, 15) is 18.0 Å². The molecule has 0 saturated carbocycles. The van der Waals surface area contributed by atoms with Gasteiger partial charge in [-0.3, -0.25) is 4.79 Å². The zero-order valence-electron chi connectivity index (χ0n) is 10.7. The van der Waals surface area contributed by atoms with Gasteiger partial charge in [0.15, 0.2) is 0 Å². The van der Waals surface area contributed by atoms with Crippen molar-refractivity contribution in [2.24, 2.45) is 0 Å². The first kappa shape index (κ1) is 15.3. The van der Waals surface area contributed by atoms with E-state index < -0.39 is 17.7 Å². The number of pyridine rings is 1. The Labute approximate surface area is 109 Å². The Morgan fingerprint density at radius 2 is 2.16 bits per heavy atom. The number of hydrogen-bond donors (Lipinski definition) is 0. The van der Waals surface area contributed by atoms with Crippen molar-refractivity contribution in [2.75, 3.05) is 25.1 Å². The van der Waals surface area contributed by atoms with Crippen molar-refractivity contribution in [2.45, 2.75) is 19.5 Å². The molecule has 0 aromatic carbocycles. The number of aromatic nitrogens is 1. The van der Waals surface area contributed by atoms with Gasteiger partial charge in [-0.2, -0.15) is 13.2 Å². The number of alkyl halides is 3. The van der Waals surface area contributed by atoms with Gasteiger partial charge in [-0.25, -0.2) is 4.98 Å². The van der Waals surface area contributed by atoms with Crippen molar-refractivity contribution < 1.29 is 22.7 Å². The lowest BCUT2D eigenvalue weighted by atomic mass is 10.2. The molecular weight excluding hydrogens is 261 g/mol. The van der Waals surface area contributed by atoms with Crippen molar-refractivity contribution in [3.05, 3.63) is 23.9 Å². The van der Waals surface area contributed by atoms with E-state index in [1.807, 2.05) is 0 Å². The van der Waals surface area contributed by atoms with Gasteiger partial charge in [-0.15, -0.1) is 0 Å². The normalized spacial score (nSPS) is 11.2. The van der Waals surface area contributed by atoms with Gasteiger partial charge in [0.1, 0.15) is 5.82 Å². The number of esters is 1. The predicted molar refractivity (Wildman–Crippen MR) is 63.8 cm³/mol. The number of nitrogens with zero attached hydrogens (tertiary/aromatic N) is 2.